The number of hydrogen-bond acceptors (Lipinski definition) is 2. The molecular weight excluding hydrogens is 472 g/mol. The standard InChI is InChI=1S/C11H12BrNO.C10H10BrNO/c1-7-5-9-8(10(12)6-7)3-4-13(2)11(9)14;1-6-4-8-7(9(11)5-6)2-3-12-10(8)13/h5-6H,3-4H2,1-2H3;4-5H,2-3H2,1H3,(H,12,13). The Kier molecular flexibility index (Phi) is 6.06. The first-order valence-corrected chi connectivity index (χ1v) is 10.5. The van der Waals surface area contributed by atoms with Gasteiger partial charge >= 0.3 is 0 Å². The second kappa shape index (κ2) is 8.15. The monoisotopic (exact) mass is 492 g/mol. The van der Waals surface area contributed by atoms with Crippen LogP contribution >= 0.6 is 31.9 Å². The molecule has 0 aliphatic carbocycles. The van der Waals surface area contributed by atoms with E-state index in [1.807, 2.05) is 33.0 Å². The number of carbonyl (C=O) groups is 2. The van der Waals surface area contributed by atoms with E-state index in [2.05, 4.69) is 49.3 Å². The van der Waals surface area contributed by atoms with Gasteiger partial charge in [-0.2, -0.15) is 0 Å². The average Bonchev–Trinajstić information content (AvgIpc) is 2.60. The van der Waals surface area contributed by atoms with E-state index >= 15 is 0 Å². The summed E-state index contributed by atoms with van der Waals surface area (Å²) in [5, 5.41) is 2.83. The number of amides is 2. The lowest BCUT2D eigenvalue weighted by atomic mass is 9.97. The molecule has 2 aromatic rings. The Hall–Kier alpha value is -1.66. The highest BCUT2D eigenvalue weighted by Crippen LogP contribution is 2.27. The summed E-state index contributed by atoms with van der Waals surface area (Å²) >= 11 is 6.99. The van der Waals surface area contributed by atoms with E-state index in [1.165, 1.54) is 0 Å². The molecular formula is C21H22Br2N2O2. The Morgan fingerprint density at radius 2 is 1.44 bits per heavy atom. The zero-order valence-corrected chi connectivity index (χ0v) is 18.8. The Morgan fingerprint density at radius 3 is 2.07 bits per heavy atom. The maximum atomic E-state index is 11.8. The number of halogens is 2. The van der Waals surface area contributed by atoms with Gasteiger partial charge in [-0.15, -0.1) is 0 Å². The van der Waals surface area contributed by atoms with Crippen molar-refractivity contribution in [1.29, 1.82) is 0 Å². The number of nitrogens with zero attached hydrogens (tertiary/aromatic N) is 1. The third-order valence-electron chi connectivity index (χ3n) is 4.86. The van der Waals surface area contributed by atoms with Crippen LogP contribution in [0.4, 0.5) is 0 Å². The van der Waals surface area contributed by atoms with E-state index in [4.69, 9.17) is 0 Å². The molecule has 6 heteroatoms. The third kappa shape index (κ3) is 4.27. The van der Waals surface area contributed by atoms with Crippen LogP contribution in [-0.2, 0) is 12.8 Å². The SMILES string of the molecule is Cc1cc(Br)c2c(c1)C(=O)N(C)CC2.Cc1cc(Br)c2c(c1)C(=O)NCC2. The van der Waals surface area contributed by atoms with Gasteiger partial charge < -0.3 is 10.2 Å². The molecule has 0 saturated carbocycles. The van der Waals surface area contributed by atoms with Crippen molar-refractivity contribution in [1.82, 2.24) is 10.2 Å². The Labute approximate surface area is 176 Å². The molecule has 2 amide bonds. The van der Waals surface area contributed by atoms with Crippen molar-refractivity contribution in [2.45, 2.75) is 26.7 Å². The van der Waals surface area contributed by atoms with Crippen LogP contribution in [0.2, 0.25) is 0 Å². The molecule has 0 aromatic heterocycles. The average molecular weight is 494 g/mol. The molecule has 0 unspecified atom stereocenters. The molecule has 27 heavy (non-hydrogen) atoms. The van der Waals surface area contributed by atoms with Crippen LogP contribution in [0.5, 0.6) is 0 Å². The van der Waals surface area contributed by atoms with Crippen molar-refractivity contribution in [3.05, 3.63) is 66.6 Å². The van der Waals surface area contributed by atoms with Crippen LogP contribution in [0.1, 0.15) is 43.0 Å². The summed E-state index contributed by atoms with van der Waals surface area (Å²) in [5.41, 5.74) is 6.19. The van der Waals surface area contributed by atoms with E-state index < -0.39 is 0 Å². The highest BCUT2D eigenvalue weighted by molar-refractivity contribution is 9.10. The molecule has 0 bridgehead atoms. The zero-order valence-electron chi connectivity index (χ0n) is 15.7. The lowest BCUT2D eigenvalue weighted by Gasteiger charge is -2.25. The number of carbonyl (C=O) groups excluding carboxylic acids is 2. The summed E-state index contributed by atoms with van der Waals surface area (Å²) in [7, 11) is 1.85. The van der Waals surface area contributed by atoms with Crippen molar-refractivity contribution >= 4 is 43.7 Å². The summed E-state index contributed by atoms with van der Waals surface area (Å²) in [6.07, 6.45) is 1.86. The fraction of sp³-hybridized carbons (Fsp3) is 0.333. The van der Waals surface area contributed by atoms with Gasteiger partial charge in [-0.1, -0.05) is 31.9 Å². The summed E-state index contributed by atoms with van der Waals surface area (Å²) in [4.78, 5) is 25.1. The predicted octanol–water partition coefficient (Wildman–Crippen LogP) is 4.43. The molecule has 1 N–H and O–H groups in total. The Bertz CT molecular complexity index is 925. The van der Waals surface area contributed by atoms with Crippen molar-refractivity contribution in [3.63, 3.8) is 0 Å². The Balaban J connectivity index is 0.000000156. The minimum atomic E-state index is 0.0469. The fourth-order valence-electron chi connectivity index (χ4n) is 3.43. The predicted molar refractivity (Wildman–Crippen MR) is 114 cm³/mol. The number of hydrogen-bond donors (Lipinski definition) is 1. The van der Waals surface area contributed by atoms with Crippen molar-refractivity contribution < 1.29 is 9.59 Å². The van der Waals surface area contributed by atoms with E-state index in [1.54, 1.807) is 4.90 Å². The smallest absolute Gasteiger partial charge is 0.253 e. The lowest BCUT2D eigenvalue weighted by Crippen LogP contribution is -2.34. The van der Waals surface area contributed by atoms with E-state index in [0.29, 0.717) is 0 Å². The molecule has 2 aliphatic heterocycles. The second-order valence-electron chi connectivity index (χ2n) is 7.03. The molecule has 0 spiro atoms. The molecule has 2 heterocycles. The van der Waals surface area contributed by atoms with Gasteiger partial charge in [-0.3, -0.25) is 9.59 Å². The number of fused-ring (bicyclic) bond motifs is 2. The van der Waals surface area contributed by atoms with Gasteiger partial charge in [0, 0.05) is 40.2 Å². The molecule has 4 rings (SSSR count). The molecule has 4 nitrogen and oxygen atoms in total. The summed E-state index contributed by atoms with van der Waals surface area (Å²) in [6.45, 7) is 5.56. The van der Waals surface area contributed by atoms with Gasteiger partial charge in [-0.25, -0.2) is 0 Å². The third-order valence-corrected chi connectivity index (χ3v) is 6.27. The Morgan fingerprint density at radius 1 is 0.889 bits per heavy atom. The fourth-order valence-corrected chi connectivity index (χ4v) is 4.97. The molecule has 0 radical (unpaired) electrons. The summed E-state index contributed by atoms with van der Waals surface area (Å²) < 4.78 is 2.12. The van der Waals surface area contributed by atoms with Gasteiger partial charge in [-0.05, 0) is 73.2 Å². The van der Waals surface area contributed by atoms with Gasteiger partial charge in [0.25, 0.3) is 11.8 Å². The first kappa shape index (κ1) is 20.1. The van der Waals surface area contributed by atoms with Crippen LogP contribution in [0.25, 0.3) is 0 Å². The highest BCUT2D eigenvalue weighted by atomic mass is 79.9. The lowest BCUT2D eigenvalue weighted by molar-refractivity contribution is 0.0780. The number of rotatable bonds is 0. The second-order valence-corrected chi connectivity index (χ2v) is 8.74. The molecule has 2 aliphatic rings. The van der Waals surface area contributed by atoms with E-state index in [0.717, 1.165) is 68.3 Å². The van der Waals surface area contributed by atoms with Gasteiger partial charge in [0.05, 0.1) is 0 Å². The molecule has 0 fully saturated rings. The normalized spacial score (nSPS) is 15.4. The van der Waals surface area contributed by atoms with E-state index in [9.17, 15) is 9.59 Å². The molecule has 142 valence electrons. The zero-order chi connectivity index (χ0) is 19.7. The largest absolute Gasteiger partial charge is 0.352 e. The quantitative estimate of drug-likeness (QED) is 0.590. The topological polar surface area (TPSA) is 49.4 Å². The van der Waals surface area contributed by atoms with Crippen LogP contribution < -0.4 is 5.32 Å². The molecule has 0 atom stereocenters. The maximum Gasteiger partial charge on any atom is 0.253 e. The van der Waals surface area contributed by atoms with Crippen LogP contribution in [0, 0.1) is 13.8 Å². The van der Waals surface area contributed by atoms with Crippen molar-refractivity contribution in [2.75, 3.05) is 20.1 Å². The van der Waals surface area contributed by atoms with Crippen LogP contribution in [-0.4, -0.2) is 36.9 Å². The van der Waals surface area contributed by atoms with Gasteiger partial charge in [0.1, 0.15) is 0 Å². The molecule has 2 aromatic carbocycles. The van der Waals surface area contributed by atoms with Crippen molar-refractivity contribution in [2.24, 2.45) is 0 Å². The first-order valence-electron chi connectivity index (χ1n) is 8.89. The highest BCUT2D eigenvalue weighted by Gasteiger charge is 2.23. The number of likely N-dealkylation sites (N-methyl/N-ethyl adjacent to an activating group) is 1. The van der Waals surface area contributed by atoms with Gasteiger partial charge in [0.2, 0.25) is 0 Å². The molecule has 0 saturated heterocycles. The summed E-state index contributed by atoms with van der Waals surface area (Å²) in [6, 6.07) is 8.03. The maximum absolute atomic E-state index is 11.8. The van der Waals surface area contributed by atoms with Crippen LogP contribution in [0.15, 0.2) is 33.2 Å². The van der Waals surface area contributed by atoms with Crippen LogP contribution in [0.3, 0.4) is 0 Å². The summed E-state index contributed by atoms with van der Waals surface area (Å²) in [5.74, 6) is 0.182. The number of aryl methyl sites for hydroxylation is 2. The number of nitrogens with one attached hydrogen (secondary N) is 1. The first-order chi connectivity index (χ1) is 12.8. The van der Waals surface area contributed by atoms with Gasteiger partial charge in [0.15, 0.2) is 0 Å². The minimum Gasteiger partial charge on any atom is -0.352 e. The number of benzene rings is 2. The minimum absolute atomic E-state index is 0.0469. The van der Waals surface area contributed by atoms with E-state index in [-0.39, 0.29) is 11.8 Å². The van der Waals surface area contributed by atoms with Crippen molar-refractivity contribution in [3.8, 4) is 0 Å².